The number of hydrogen-bond donors (Lipinski definition) is 2. The molecular formula is C61H46O4. The Labute approximate surface area is 379 Å². The molecule has 0 saturated heterocycles. The van der Waals surface area contributed by atoms with Crippen LogP contribution in [0.4, 0.5) is 0 Å². The summed E-state index contributed by atoms with van der Waals surface area (Å²) in [5.41, 5.74) is 14.6. The van der Waals surface area contributed by atoms with Crippen molar-refractivity contribution < 1.29 is 19.7 Å². The zero-order chi connectivity index (χ0) is 43.7. The molecule has 0 unspecified atom stereocenters. The van der Waals surface area contributed by atoms with E-state index in [2.05, 4.69) is 206 Å². The molecule has 4 nitrogen and oxygen atoms in total. The molecule has 0 bridgehead atoms. The highest BCUT2D eigenvalue weighted by Crippen LogP contribution is 2.59. The molecular weight excluding hydrogens is 797 g/mol. The molecule has 4 heteroatoms. The van der Waals surface area contributed by atoms with Crippen molar-refractivity contribution in [3.05, 3.63) is 241 Å². The Bertz CT molecular complexity index is 3120. The molecule has 65 heavy (non-hydrogen) atoms. The Kier molecular flexibility index (Phi) is 10.5. The number of aliphatic hydroxyl groups is 2. The monoisotopic (exact) mass is 842 g/mol. The zero-order valence-electron chi connectivity index (χ0n) is 35.8. The maximum Gasteiger partial charge on any atom is 0.127 e. The number of fused-ring (bicyclic) bond motifs is 5. The molecule has 0 radical (unpaired) electrons. The standard InChI is InChI=1S/C61H46O4/c62-33-35-64-59-31-27-47(39-53(59)43-13-3-1-4-14-43)61(48-28-32-60(65-36-34-63)54(40-48)44-15-5-2-6-16-44)57-29-25-45(51-23-11-19-41-17-7-9-21-49(41)51)37-55(57)56-38-46(26-30-58(56)61)52-24-12-20-42-18-8-10-22-50(42)52/h1-32,37-40,62-63H,33-36H2. The van der Waals surface area contributed by atoms with Gasteiger partial charge in [0.1, 0.15) is 24.7 Å². The molecule has 11 rings (SSSR count). The van der Waals surface area contributed by atoms with E-state index in [-0.39, 0.29) is 26.4 Å². The van der Waals surface area contributed by atoms with Gasteiger partial charge in [0.2, 0.25) is 0 Å². The predicted molar refractivity (Wildman–Crippen MR) is 266 cm³/mol. The van der Waals surface area contributed by atoms with Crippen molar-refractivity contribution in [2.24, 2.45) is 0 Å². The van der Waals surface area contributed by atoms with Crippen molar-refractivity contribution in [2.45, 2.75) is 5.41 Å². The van der Waals surface area contributed by atoms with Crippen molar-refractivity contribution in [2.75, 3.05) is 26.4 Å². The quantitative estimate of drug-likeness (QED) is 0.129. The van der Waals surface area contributed by atoms with Crippen LogP contribution in [0.5, 0.6) is 11.5 Å². The molecule has 0 fully saturated rings. The van der Waals surface area contributed by atoms with E-state index in [1.165, 1.54) is 32.7 Å². The van der Waals surface area contributed by atoms with Crippen molar-refractivity contribution in [3.63, 3.8) is 0 Å². The van der Waals surface area contributed by atoms with Gasteiger partial charge in [-0.15, -0.1) is 0 Å². The molecule has 0 aliphatic heterocycles. The maximum absolute atomic E-state index is 9.90. The summed E-state index contributed by atoms with van der Waals surface area (Å²) >= 11 is 0. The minimum absolute atomic E-state index is 0.0916. The van der Waals surface area contributed by atoms with Crippen LogP contribution in [0.15, 0.2) is 218 Å². The summed E-state index contributed by atoms with van der Waals surface area (Å²) in [6.07, 6.45) is 0. The van der Waals surface area contributed by atoms with Gasteiger partial charge in [0.25, 0.3) is 0 Å². The third-order valence-electron chi connectivity index (χ3n) is 13.0. The summed E-state index contributed by atoms with van der Waals surface area (Å²) < 4.78 is 12.6. The lowest BCUT2D eigenvalue weighted by molar-refractivity contribution is 0.202. The highest BCUT2D eigenvalue weighted by atomic mass is 16.5. The molecule has 0 atom stereocenters. The molecule has 0 aromatic heterocycles. The van der Waals surface area contributed by atoms with Crippen LogP contribution < -0.4 is 9.47 Å². The smallest absolute Gasteiger partial charge is 0.127 e. The van der Waals surface area contributed by atoms with E-state index >= 15 is 0 Å². The molecule has 0 amide bonds. The van der Waals surface area contributed by atoms with E-state index in [1.54, 1.807) is 0 Å². The highest BCUT2D eigenvalue weighted by molar-refractivity contribution is 6.01. The van der Waals surface area contributed by atoms with E-state index in [0.29, 0.717) is 11.5 Å². The van der Waals surface area contributed by atoms with Crippen LogP contribution in [0, 0.1) is 0 Å². The number of benzene rings is 10. The fraction of sp³-hybridized carbons (Fsp3) is 0.0820. The highest BCUT2D eigenvalue weighted by Gasteiger charge is 2.47. The van der Waals surface area contributed by atoms with Crippen LogP contribution in [0.2, 0.25) is 0 Å². The summed E-state index contributed by atoms with van der Waals surface area (Å²) in [4.78, 5) is 0. The SMILES string of the molecule is OCCOc1ccc(C2(c3ccc(OCCO)c(-c4ccccc4)c3)c3ccc(-c4cccc5ccccc45)cc3-c3cc(-c4cccc5ccccc45)ccc32)cc1-c1ccccc1. The lowest BCUT2D eigenvalue weighted by Gasteiger charge is -2.35. The average Bonchev–Trinajstić information content (AvgIpc) is 3.67. The zero-order valence-corrected chi connectivity index (χ0v) is 35.8. The fourth-order valence-electron chi connectivity index (χ4n) is 10.2. The lowest BCUT2D eigenvalue weighted by atomic mass is 9.66. The van der Waals surface area contributed by atoms with E-state index in [0.717, 1.165) is 66.8 Å². The molecule has 1 aliphatic carbocycles. The molecule has 1 aliphatic rings. The van der Waals surface area contributed by atoms with Crippen LogP contribution in [0.1, 0.15) is 22.3 Å². The van der Waals surface area contributed by atoms with Crippen LogP contribution in [-0.4, -0.2) is 36.6 Å². The largest absolute Gasteiger partial charge is 0.491 e. The van der Waals surface area contributed by atoms with E-state index in [4.69, 9.17) is 9.47 Å². The second kappa shape index (κ2) is 17.1. The summed E-state index contributed by atoms with van der Waals surface area (Å²) in [5, 5.41) is 24.6. The number of ether oxygens (including phenoxy) is 2. The van der Waals surface area contributed by atoms with Gasteiger partial charge in [0.05, 0.1) is 18.6 Å². The maximum atomic E-state index is 9.90. The first-order chi connectivity index (χ1) is 32.1. The van der Waals surface area contributed by atoms with Gasteiger partial charge in [0.15, 0.2) is 0 Å². The third-order valence-corrected chi connectivity index (χ3v) is 13.0. The number of rotatable bonds is 12. The minimum atomic E-state index is -0.822. The van der Waals surface area contributed by atoms with Gasteiger partial charge in [-0.25, -0.2) is 0 Å². The molecule has 10 aromatic carbocycles. The van der Waals surface area contributed by atoms with Gasteiger partial charge < -0.3 is 19.7 Å². The van der Waals surface area contributed by atoms with Gasteiger partial charge in [-0.05, 0) is 125 Å². The molecule has 0 spiro atoms. The van der Waals surface area contributed by atoms with Gasteiger partial charge in [-0.3, -0.25) is 0 Å². The second-order valence-electron chi connectivity index (χ2n) is 16.6. The Morgan fingerprint density at radius 3 is 1.18 bits per heavy atom. The molecule has 314 valence electrons. The van der Waals surface area contributed by atoms with Gasteiger partial charge in [-0.1, -0.05) is 182 Å². The normalized spacial score (nSPS) is 12.5. The summed E-state index contributed by atoms with van der Waals surface area (Å²) in [6, 6.07) is 78.3. The predicted octanol–water partition coefficient (Wildman–Crippen LogP) is 13.8. The van der Waals surface area contributed by atoms with Crippen LogP contribution in [-0.2, 0) is 5.41 Å². The molecule has 10 aromatic rings. The van der Waals surface area contributed by atoms with Crippen LogP contribution in [0.25, 0.3) is 77.2 Å². The van der Waals surface area contributed by atoms with Crippen molar-refractivity contribution in [1.82, 2.24) is 0 Å². The third kappa shape index (κ3) is 6.95. The Morgan fingerprint density at radius 2 is 0.738 bits per heavy atom. The number of aliphatic hydroxyl groups excluding tert-OH is 2. The topological polar surface area (TPSA) is 58.9 Å². The summed E-state index contributed by atoms with van der Waals surface area (Å²) in [7, 11) is 0. The Hall–Kier alpha value is -7.76. The summed E-state index contributed by atoms with van der Waals surface area (Å²) in [6.45, 7) is 0.177. The fourth-order valence-corrected chi connectivity index (χ4v) is 10.2. The molecule has 0 heterocycles. The lowest BCUT2D eigenvalue weighted by Crippen LogP contribution is -2.29. The Balaban J connectivity index is 1.25. The molecule has 2 N–H and O–H groups in total. The summed E-state index contributed by atoms with van der Waals surface area (Å²) in [5.74, 6) is 1.41. The Morgan fingerprint density at radius 1 is 0.323 bits per heavy atom. The van der Waals surface area contributed by atoms with Gasteiger partial charge in [-0.2, -0.15) is 0 Å². The number of hydrogen-bond acceptors (Lipinski definition) is 4. The first-order valence-electron chi connectivity index (χ1n) is 22.3. The first-order valence-corrected chi connectivity index (χ1v) is 22.3. The van der Waals surface area contributed by atoms with Gasteiger partial charge in [0, 0.05) is 11.1 Å². The first kappa shape index (κ1) is 40.0. The van der Waals surface area contributed by atoms with E-state index in [1.807, 2.05) is 12.1 Å². The van der Waals surface area contributed by atoms with Crippen molar-refractivity contribution >= 4 is 21.5 Å². The van der Waals surface area contributed by atoms with Crippen LogP contribution in [0.3, 0.4) is 0 Å². The van der Waals surface area contributed by atoms with E-state index < -0.39 is 5.41 Å². The average molecular weight is 843 g/mol. The molecule has 0 saturated carbocycles. The second-order valence-corrected chi connectivity index (χ2v) is 16.6. The minimum Gasteiger partial charge on any atom is -0.491 e. The van der Waals surface area contributed by atoms with Gasteiger partial charge >= 0.3 is 0 Å². The van der Waals surface area contributed by atoms with Crippen molar-refractivity contribution in [1.29, 1.82) is 0 Å². The van der Waals surface area contributed by atoms with Crippen molar-refractivity contribution in [3.8, 4) is 67.1 Å². The van der Waals surface area contributed by atoms with Crippen LogP contribution >= 0.6 is 0 Å². The van der Waals surface area contributed by atoms with E-state index in [9.17, 15) is 10.2 Å².